The van der Waals surface area contributed by atoms with Crippen molar-refractivity contribution in [2.24, 2.45) is 0 Å². The summed E-state index contributed by atoms with van der Waals surface area (Å²) in [6.07, 6.45) is 0.831. The van der Waals surface area contributed by atoms with E-state index in [1.165, 1.54) is 27.6 Å². The standard InChI is InChI=1S/C30H31N3O5S2/c1-7-11-38-20-10-9-19(14-21(20)37-8-2)25-23(26(34)28-17(5)31-18(6)39-28)27(35)29(36)33(25)30-32-24-16(4)12-15(3)13-22(24)40-30/h9-10,12-14,25,35H,7-8,11H2,1-6H3. The number of aliphatic hydroxyl groups excluding tert-OH is 1. The van der Waals surface area contributed by atoms with Gasteiger partial charge in [-0.1, -0.05) is 30.4 Å². The number of ketones is 1. The average Bonchev–Trinajstić information content (AvgIpc) is 3.56. The molecule has 0 saturated carbocycles. The Morgan fingerprint density at radius 3 is 2.48 bits per heavy atom. The van der Waals surface area contributed by atoms with Gasteiger partial charge in [0.1, 0.15) is 0 Å². The molecule has 1 amide bonds. The molecule has 0 aliphatic carbocycles. The molecule has 0 bridgehead atoms. The Morgan fingerprint density at radius 1 is 1.02 bits per heavy atom. The van der Waals surface area contributed by atoms with E-state index in [-0.39, 0.29) is 5.57 Å². The fourth-order valence-electron chi connectivity index (χ4n) is 4.97. The van der Waals surface area contributed by atoms with E-state index in [2.05, 4.69) is 4.98 Å². The Labute approximate surface area is 240 Å². The molecule has 8 nitrogen and oxygen atoms in total. The highest BCUT2D eigenvalue weighted by Crippen LogP contribution is 2.46. The molecule has 0 saturated heterocycles. The normalized spacial score (nSPS) is 15.4. The van der Waals surface area contributed by atoms with Crippen LogP contribution in [0.5, 0.6) is 11.5 Å². The van der Waals surface area contributed by atoms with Crippen molar-refractivity contribution < 1.29 is 24.2 Å². The lowest BCUT2D eigenvalue weighted by atomic mass is 9.95. The van der Waals surface area contributed by atoms with E-state index in [4.69, 9.17) is 14.5 Å². The molecule has 0 fully saturated rings. The topological polar surface area (TPSA) is 102 Å². The monoisotopic (exact) mass is 577 g/mol. The van der Waals surface area contributed by atoms with Crippen LogP contribution in [-0.4, -0.2) is 40.0 Å². The molecule has 40 heavy (non-hydrogen) atoms. The van der Waals surface area contributed by atoms with Crippen LogP contribution in [-0.2, 0) is 4.79 Å². The van der Waals surface area contributed by atoms with Gasteiger partial charge in [-0.2, -0.15) is 0 Å². The van der Waals surface area contributed by atoms with Crippen molar-refractivity contribution in [2.75, 3.05) is 18.1 Å². The number of ether oxygens (including phenoxy) is 2. The number of aromatic nitrogens is 2. The van der Waals surface area contributed by atoms with Gasteiger partial charge in [0, 0.05) is 0 Å². The molecule has 10 heteroatoms. The summed E-state index contributed by atoms with van der Waals surface area (Å²) in [6.45, 7) is 12.4. The molecule has 1 atom stereocenters. The lowest BCUT2D eigenvalue weighted by Gasteiger charge is -2.25. The summed E-state index contributed by atoms with van der Waals surface area (Å²) in [5, 5.41) is 12.4. The summed E-state index contributed by atoms with van der Waals surface area (Å²) in [6, 6.07) is 8.50. The molecule has 1 aliphatic heterocycles. The van der Waals surface area contributed by atoms with Crippen molar-refractivity contribution in [1.82, 2.24) is 9.97 Å². The average molecular weight is 578 g/mol. The fraction of sp³-hybridized carbons (Fsp3) is 0.333. The number of anilines is 1. The summed E-state index contributed by atoms with van der Waals surface area (Å²) in [4.78, 5) is 38.7. The molecule has 2 aromatic heterocycles. The number of hydrogen-bond acceptors (Lipinski definition) is 9. The zero-order valence-corrected chi connectivity index (χ0v) is 25.0. The largest absolute Gasteiger partial charge is 0.503 e. The highest BCUT2D eigenvalue weighted by molar-refractivity contribution is 7.22. The van der Waals surface area contributed by atoms with Crippen molar-refractivity contribution >= 4 is 49.7 Å². The van der Waals surface area contributed by atoms with Crippen molar-refractivity contribution in [3.05, 3.63) is 73.9 Å². The minimum atomic E-state index is -0.928. The van der Waals surface area contributed by atoms with Gasteiger partial charge in [-0.3, -0.25) is 14.5 Å². The van der Waals surface area contributed by atoms with Crippen molar-refractivity contribution in [3.8, 4) is 11.5 Å². The third-order valence-electron chi connectivity index (χ3n) is 6.63. The second kappa shape index (κ2) is 11.0. The molecule has 1 N–H and O–H groups in total. The number of nitrogens with zero attached hydrogens (tertiary/aromatic N) is 3. The third kappa shape index (κ3) is 4.86. The predicted octanol–water partition coefficient (Wildman–Crippen LogP) is 6.96. The van der Waals surface area contributed by atoms with E-state index in [1.54, 1.807) is 25.1 Å². The van der Waals surface area contributed by atoms with Crippen LogP contribution in [0, 0.1) is 27.7 Å². The Hall–Kier alpha value is -3.76. The first-order valence-corrected chi connectivity index (χ1v) is 14.8. The molecule has 3 heterocycles. The van der Waals surface area contributed by atoms with Gasteiger partial charge in [0.15, 0.2) is 22.4 Å². The molecular formula is C30H31N3O5S2. The van der Waals surface area contributed by atoms with E-state index in [0.717, 1.165) is 32.8 Å². The maximum Gasteiger partial charge on any atom is 0.296 e. The number of aryl methyl sites for hydroxylation is 4. The minimum Gasteiger partial charge on any atom is -0.503 e. The first kappa shape index (κ1) is 27.8. The minimum absolute atomic E-state index is 0.00594. The molecule has 1 unspecified atom stereocenters. The van der Waals surface area contributed by atoms with Crippen LogP contribution < -0.4 is 14.4 Å². The number of thiazole rings is 2. The molecule has 2 aromatic carbocycles. The highest BCUT2D eigenvalue weighted by atomic mass is 32.1. The zero-order chi connectivity index (χ0) is 28.7. The summed E-state index contributed by atoms with van der Waals surface area (Å²) in [5.74, 6) is -0.621. The second-order valence-corrected chi connectivity index (χ2v) is 11.9. The Bertz CT molecular complexity index is 1670. The summed E-state index contributed by atoms with van der Waals surface area (Å²) >= 11 is 2.60. The lowest BCUT2D eigenvalue weighted by molar-refractivity contribution is -0.117. The Morgan fingerprint density at radius 2 is 1.80 bits per heavy atom. The second-order valence-electron chi connectivity index (χ2n) is 9.73. The van der Waals surface area contributed by atoms with Crippen molar-refractivity contribution in [2.45, 2.75) is 54.0 Å². The van der Waals surface area contributed by atoms with Gasteiger partial charge in [0.05, 0.1) is 50.6 Å². The number of aliphatic hydroxyl groups is 1. The molecule has 1 aliphatic rings. The van der Waals surface area contributed by atoms with Crippen molar-refractivity contribution in [3.63, 3.8) is 0 Å². The third-order valence-corrected chi connectivity index (χ3v) is 8.71. The summed E-state index contributed by atoms with van der Waals surface area (Å²) < 4.78 is 12.7. The maximum atomic E-state index is 14.0. The molecule has 0 radical (unpaired) electrons. The van der Waals surface area contributed by atoms with Crippen LogP contribution in [0.3, 0.4) is 0 Å². The van der Waals surface area contributed by atoms with Gasteiger partial charge in [-0.05, 0) is 75.9 Å². The van der Waals surface area contributed by atoms with Crippen molar-refractivity contribution in [1.29, 1.82) is 0 Å². The van der Waals surface area contributed by atoms with Gasteiger partial charge in [0.2, 0.25) is 5.78 Å². The Kier molecular flexibility index (Phi) is 7.65. The summed E-state index contributed by atoms with van der Waals surface area (Å²) in [5.41, 5.74) is 4.00. The molecular weight excluding hydrogens is 546 g/mol. The van der Waals surface area contributed by atoms with Crippen LogP contribution in [0.25, 0.3) is 10.2 Å². The fourth-order valence-corrected chi connectivity index (χ4v) is 7.01. The van der Waals surface area contributed by atoms with E-state index in [0.29, 0.717) is 46.0 Å². The van der Waals surface area contributed by atoms with E-state index in [1.807, 2.05) is 46.8 Å². The van der Waals surface area contributed by atoms with Crippen LogP contribution in [0.4, 0.5) is 5.13 Å². The maximum absolute atomic E-state index is 14.0. The number of rotatable bonds is 9. The van der Waals surface area contributed by atoms with Crippen LogP contribution >= 0.6 is 22.7 Å². The van der Waals surface area contributed by atoms with E-state index < -0.39 is 23.5 Å². The first-order valence-electron chi connectivity index (χ1n) is 13.2. The molecule has 5 rings (SSSR count). The molecule has 208 valence electrons. The van der Waals surface area contributed by atoms with Gasteiger partial charge in [-0.25, -0.2) is 9.97 Å². The van der Waals surface area contributed by atoms with Gasteiger partial charge < -0.3 is 14.6 Å². The number of Topliss-reactive ketones (excluding diaryl/α,β-unsaturated/α-hetero) is 1. The number of fused-ring (bicyclic) bond motifs is 1. The van der Waals surface area contributed by atoms with E-state index in [9.17, 15) is 14.7 Å². The molecule has 4 aromatic rings. The molecule has 0 spiro atoms. The quantitative estimate of drug-likeness (QED) is 0.215. The van der Waals surface area contributed by atoms with Gasteiger partial charge in [-0.15, -0.1) is 11.3 Å². The van der Waals surface area contributed by atoms with E-state index >= 15 is 0 Å². The SMILES string of the molecule is CCCOc1ccc(C2C(C(=O)c3sc(C)nc3C)=C(O)C(=O)N2c2nc3c(C)cc(C)cc3s2)cc1OCC. The van der Waals surface area contributed by atoms with Crippen LogP contribution in [0.1, 0.15) is 63.4 Å². The highest BCUT2D eigenvalue weighted by Gasteiger charge is 2.47. The van der Waals surface area contributed by atoms with Gasteiger partial charge in [0.25, 0.3) is 5.91 Å². The Balaban J connectivity index is 1.70. The van der Waals surface area contributed by atoms with Crippen LogP contribution in [0.15, 0.2) is 41.7 Å². The first-order chi connectivity index (χ1) is 19.1. The smallest absolute Gasteiger partial charge is 0.296 e. The number of carbonyl (C=O) groups excluding carboxylic acids is 2. The number of carbonyl (C=O) groups is 2. The summed E-state index contributed by atoms with van der Waals surface area (Å²) in [7, 11) is 0. The number of hydrogen-bond donors (Lipinski definition) is 1. The number of benzene rings is 2. The predicted molar refractivity (Wildman–Crippen MR) is 158 cm³/mol. The number of amides is 1. The zero-order valence-electron chi connectivity index (χ0n) is 23.3. The van der Waals surface area contributed by atoms with Crippen LogP contribution in [0.2, 0.25) is 0 Å². The lowest BCUT2D eigenvalue weighted by Crippen LogP contribution is -2.31. The van der Waals surface area contributed by atoms with Gasteiger partial charge >= 0.3 is 0 Å².